The molecule has 0 spiro atoms. The third-order valence-corrected chi connectivity index (χ3v) is 7.06. The topological polar surface area (TPSA) is 93.2 Å². The number of nitro groups is 1. The quantitative estimate of drug-likeness (QED) is 0.344. The molecular formula is C25H28F3N7O2. The predicted octanol–water partition coefficient (Wildman–Crippen LogP) is 5.11. The molecule has 0 N–H and O–H groups in total. The maximum absolute atomic E-state index is 14.4. The summed E-state index contributed by atoms with van der Waals surface area (Å²) in [5.41, 5.74) is 1.90. The van der Waals surface area contributed by atoms with Crippen LogP contribution in [0, 0.1) is 17.0 Å². The molecule has 37 heavy (non-hydrogen) atoms. The zero-order valence-corrected chi connectivity index (χ0v) is 20.7. The normalized spacial score (nSPS) is 19.2. The third-order valence-electron chi connectivity index (χ3n) is 7.06. The lowest BCUT2D eigenvalue weighted by atomic mass is 9.95. The molecule has 5 rings (SSSR count). The van der Waals surface area contributed by atoms with Crippen LogP contribution in [0.4, 0.5) is 30.5 Å². The van der Waals surface area contributed by atoms with E-state index in [0.717, 1.165) is 0 Å². The van der Waals surface area contributed by atoms with E-state index in [-0.39, 0.29) is 31.6 Å². The second kappa shape index (κ2) is 9.31. The van der Waals surface area contributed by atoms with Crippen LogP contribution in [0.5, 0.6) is 0 Å². The van der Waals surface area contributed by atoms with Gasteiger partial charge in [-0.05, 0) is 38.8 Å². The first-order chi connectivity index (χ1) is 17.5. The van der Waals surface area contributed by atoms with E-state index in [1.165, 1.54) is 12.1 Å². The average Bonchev–Trinajstić information content (AvgIpc) is 3.33. The summed E-state index contributed by atoms with van der Waals surface area (Å²) >= 11 is 0. The van der Waals surface area contributed by atoms with Crippen molar-refractivity contribution in [2.75, 3.05) is 36.0 Å². The number of anilines is 2. The second-order valence-corrected chi connectivity index (χ2v) is 10.0. The van der Waals surface area contributed by atoms with Gasteiger partial charge in [0.15, 0.2) is 0 Å². The van der Waals surface area contributed by atoms with Gasteiger partial charge in [0.2, 0.25) is 5.95 Å². The average molecular weight is 516 g/mol. The molecule has 2 aliphatic rings. The molecule has 0 radical (unpaired) electrons. The SMILES string of the molecule is Cc1cc(-c2cnn(-c3ccc([N+](=O)[O-])cc3N3CCC(C)(F)CC3)c2)nc(N2CCC(F)(F)CC2)n1. The van der Waals surface area contributed by atoms with Crippen molar-refractivity contribution in [1.29, 1.82) is 0 Å². The summed E-state index contributed by atoms with van der Waals surface area (Å²) in [7, 11) is 0. The van der Waals surface area contributed by atoms with Crippen LogP contribution in [-0.4, -0.2) is 62.4 Å². The highest BCUT2D eigenvalue weighted by molar-refractivity contribution is 5.68. The van der Waals surface area contributed by atoms with Gasteiger partial charge < -0.3 is 9.80 Å². The molecule has 0 atom stereocenters. The van der Waals surface area contributed by atoms with E-state index in [2.05, 4.69) is 15.1 Å². The minimum atomic E-state index is -2.66. The van der Waals surface area contributed by atoms with Crippen LogP contribution < -0.4 is 9.80 Å². The summed E-state index contributed by atoms with van der Waals surface area (Å²) < 4.78 is 43.3. The number of hydrogen-bond donors (Lipinski definition) is 0. The summed E-state index contributed by atoms with van der Waals surface area (Å²) in [6.07, 6.45) is 3.58. The van der Waals surface area contributed by atoms with E-state index < -0.39 is 16.5 Å². The summed E-state index contributed by atoms with van der Waals surface area (Å²) in [6.45, 7) is 4.61. The standard InChI is InChI=1S/C25H28F3N7O2/c1-17-13-20(31-23(30-17)33-11-7-25(27,28)8-12-33)18-15-29-34(16-18)21-4-3-19(35(36)37)14-22(21)32-9-5-24(2,26)6-10-32/h3-4,13-16H,5-12H2,1-2H3. The summed E-state index contributed by atoms with van der Waals surface area (Å²) in [5, 5.41) is 15.9. The van der Waals surface area contributed by atoms with Crippen LogP contribution in [0.25, 0.3) is 16.9 Å². The molecule has 0 bridgehead atoms. The lowest BCUT2D eigenvalue weighted by Gasteiger charge is -2.36. The first-order valence-corrected chi connectivity index (χ1v) is 12.3. The van der Waals surface area contributed by atoms with Crippen molar-refractivity contribution in [1.82, 2.24) is 19.7 Å². The lowest BCUT2D eigenvalue weighted by Crippen LogP contribution is -2.40. The summed E-state index contributed by atoms with van der Waals surface area (Å²) in [4.78, 5) is 23.8. The molecule has 0 aliphatic carbocycles. The molecule has 3 aromatic rings. The van der Waals surface area contributed by atoms with E-state index in [1.54, 1.807) is 41.0 Å². The number of benzene rings is 1. The highest BCUT2D eigenvalue weighted by Crippen LogP contribution is 2.35. The molecule has 9 nitrogen and oxygen atoms in total. The maximum Gasteiger partial charge on any atom is 0.271 e. The molecule has 196 valence electrons. The van der Waals surface area contributed by atoms with Crippen LogP contribution >= 0.6 is 0 Å². The van der Waals surface area contributed by atoms with E-state index in [0.29, 0.717) is 60.2 Å². The Bertz CT molecular complexity index is 1310. The van der Waals surface area contributed by atoms with Crippen molar-refractivity contribution in [2.45, 2.75) is 51.1 Å². The minimum Gasteiger partial charge on any atom is -0.369 e. The van der Waals surface area contributed by atoms with Crippen molar-refractivity contribution in [3.05, 3.63) is 52.5 Å². The van der Waals surface area contributed by atoms with E-state index in [4.69, 9.17) is 0 Å². The predicted molar refractivity (Wildman–Crippen MR) is 133 cm³/mol. The van der Waals surface area contributed by atoms with Gasteiger partial charge >= 0.3 is 0 Å². The van der Waals surface area contributed by atoms with Crippen LogP contribution in [0.2, 0.25) is 0 Å². The Labute approximate surface area is 212 Å². The lowest BCUT2D eigenvalue weighted by molar-refractivity contribution is -0.384. The van der Waals surface area contributed by atoms with Crippen molar-refractivity contribution >= 4 is 17.3 Å². The van der Waals surface area contributed by atoms with Gasteiger partial charge in [-0.25, -0.2) is 27.8 Å². The van der Waals surface area contributed by atoms with Crippen LogP contribution in [0.15, 0.2) is 36.7 Å². The summed E-state index contributed by atoms with van der Waals surface area (Å²) in [5.74, 6) is -2.26. The number of aromatic nitrogens is 4. The fourth-order valence-electron chi connectivity index (χ4n) is 4.75. The maximum atomic E-state index is 14.4. The van der Waals surface area contributed by atoms with Crippen LogP contribution in [-0.2, 0) is 0 Å². The highest BCUT2D eigenvalue weighted by atomic mass is 19.3. The fourth-order valence-corrected chi connectivity index (χ4v) is 4.75. The van der Waals surface area contributed by atoms with Crippen LogP contribution in [0.3, 0.4) is 0 Å². The van der Waals surface area contributed by atoms with Gasteiger partial charge in [0.05, 0.1) is 28.2 Å². The zero-order valence-electron chi connectivity index (χ0n) is 20.7. The number of piperidine rings is 2. The molecule has 2 saturated heterocycles. The van der Waals surface area contributed by atoms with Crippen molar-refractivity contribution in [2.24, 2.45) is 0 Å². The highest BCUT2D eigenvalue weighted by Gasteiger charge is 2.35. The van der Waals surface area contributed by atoms with Crippen molar-refractivity contribution in [3.63, 3.8) is 0 Å². The molecular weight excluding hydrogens is 487 g/mol. The molecule has 2 fully saturated rings. The number of rotatable bonds is 5. The molecule has 0 unspecified atom stereocenters. The Kier molecular flexibility index (Phi) is 6.28. The van der Waals surface area contributed by atoms with Crippen molar-refractivity contribution in [3.8, 4) is 16.9 Å². The number of alkyl halides is 3. The zero-order chi connectivity index (χ0) is 26.4. The van der Waals surface area contributed by atoms with E-state index in [9.17, 15) is 23.3 Å². The Morgan fingerprint density at radius 3 is 2.30 bits per heavy atom. The van der Waals surface area contributed by atoms with Crippen LogP contribution in [0.1, 0.15) is 38.3 Å². The number of nitro benzene ring substituents is 1. The molecule has 2 aromatic heterocycles. The van der Waals surface area contributed by atoms with Gasteiger partial charge in [0, 0.05) is 68.6 Å². The first kappa shape index (κ1) is 25.0. The van der Waals surface area contributed by atoms with Gasteiger partial charge in [0.25, 0.3) is 11.6 Å². The number of nitrogens with zero attached hydrogens (tertiary/aromatic N) is 7. The molecule has 0 amide bonds. The monoisotopic (exact) mass is 515 g/mol. The van der Waals surface area contributed by atoms with Gasteiger partial charge in [-0.1, -0.05) is 0 Å². The number of hydrogen-bond acceptors (Lipinski definition) is 7. The number of halogens is 3. The number of non-ortho nitro benzene ring substituents is 1. The smallest absolute Gasteiger partial charge is 0.271 e. The molecule has 2 aliphatic heterocycles. The van der Waals surface area contributed by atoms with Gasteiger partial charge in [-0.15, -0.1) is 0 Å². The second-order valence-electron chi connectivity index (χ2n) is 10.0. The Morgan fingerprint density at radius 1 is 0.946 bits per heavy atom. The number of aryl methyl sites for hydroxylation is 1. The largest absolute Gasteiger partial charge is 0.369 e. The molecule has 12 heteroatoms. The summed E-state index contributed by atoms with van der Waals surface area (Å²) in [6, 6.07) is 6.35. The minimum absolute atomic E-state index is 0.0529. The third kappa shape index (κ3) is 5.37. The Hall–Kier alpha value is -3.70. The Morgan fingerprint density at radius 2 is 1.62 bits per heavy atom. The first-order valence-electron chi connectivity index (χ1n) is 12.3. The molecule has 0 saturated carbocycles. The van der Waals surface area contributed by atoms with E-state index in [1.807, 2.05) is 11.8 Å². The fraction of sp³-hybridized carbons (Fsp3) is 0.480. The molecule has 4 heterocycles. The Balaban J connectivity index is 1.46. The molecule has 1 aromatic carbocycles. The van der Waals surface area contributed by atoms with E-state index >= 15 is 0 Å². The van der Waals surface area contributed by atoms with Gasteiger partial charge in [-0.2, -0.15) is 5.10 Å². The van der Waals surface area contributed by atoms with Gasteiger partial charge in [0.1, 0.15) is 5.67 Å². The van der Waals surface area contributed by atoms with Crippen molar-refractivity contribution < 1.29 is 18.1 Å². The van der Waals surface area contributed by atoms with Gasteiger partial charge in [-0.3, -0.25) is 10.1 Å².